The molecule has 0 bridgehead atoms. The number of benzene rings is 3. The van der Waals surface area contributed by atoms with Gasteiger partial charge in [0.15, 0.2) is 11.5 Å². The van der Waals surface area contributed by atoms with Crippen LogP contribution in [0.2, 0.25) is 0 Å². The zero-order valence-corrected chi connectivity index (χ0v) is 13.7. The van der Waals surface area contributed by atoms with Crippen LogP contribution in [0.25, 0.3) is 10.8 Å². The molecule has 6 heteroatoms. The highest BCUT2D eigenvalue weighted by Gasteiger charge is 2.27. The molecule has 4 rings (SSSR count). The summed E-state index contributed by atoms with van der Waals surface area (Å²) in [6, 6.07) is 17.4. The zero-order valence-electron chi connectivity index (χ0n) is 13.7. The smallest absolute Gasteiger partial charge is 0.284 e. The number of fused-ring (bicyclic) bond motifs is 2. The Hall–Kier alpha value is -3.41. The Balaban J connectivity index is 1.43. The third kappa shape index (κ3) is 3.35. The molecule has 1 aliphatic heterocycles. The van der Waals surface area contributed by atoms with Gasteiger partial charge in [-0.05, 0) is 40.6 Å². The molecule has 0 spiro atoms. The zero-order chi connectivity index (χ0) is 17.9. The largest absolute Gasteiger partial charge is 0.485 e. The summed E-state index contributed by atoms with van der Waals surface area (Å²) in [7, 11) is 0. The van der Waals surface area contributed by atoms with Crippen LogP contribution >= 0.6 is 0 Å². The van der Waals surface area contributed by atoms with Gasteiger partial charge >= 0.3 is 0 Å². The van der Waals surface area contributed by atoms with Gasteiger partial charge in [-0.25, -0.2) is 9.82 Å². The topological polar surface area (TPSA) is 59.9 Å². The lowest BCUT2D eigenvalue weighted by molar-refractivity contribution is -0.130. The molecule has 0 saturated heterocycles. The number of amides is 1. The number of ether oxygens (including phenoxy) is 2. The van der Waals surface area contributed by atoms with E-state index in [0.29, 0.717) is 17.1 Å². The van der Waals surface area contributed by atoms with Gasteiger partial charge in [0, 0.05) is 0 Å². The van der Waals surface area contributed by atoms with Gasteiger partial charge in [0.05, 0.1) is 6.21 Å². The third-order valence-corrected chi connectivity index (χ3v) is 4.02. The molecule has 1 unspecified atom stereocenters. The quantitative estimate of drug-likeness (QED) is 0.583. The second-order valence-electron chi connectivity index (χ2n) is 5.85. The van der Waals surface area contributed by atoms with Crippen molar-refractivity contribution in [2.24, 2.45) is 5.10 Å². The molecule has 1 aliphatic rings. The summed E-state index contributed by atoms with van der Waals surface area (Å²) < 4.78 is 24.3. The highest BCUT2D eigenvalue weighted by Crippen LogP contribution is 2.35. The first-order chi connectivity index (χ1) is 12.7. The lowest BCUT2D eigenvalue weighted by atomic mass is 10.1. The van der Waals surface area contributed by atoms with E-state index in [1.165, 1.54) is 18.3 Å². The summed E-state index contributed by atoms with van der Waals surface area (Å²) in [5.74, 6) is 0.396. The van der Waals surface area contributed by atoms with Crippen molar-refractivity contribution in [2.75, 3.05) is 6.61 Å². The first-order valence-electron chi connectivity index (χ1n) is 8.10. The molecule has 1 N–H and O–H groups in total. The molecule has 26 heavy (non-hydrogen) atoms. The Morgan fingerprint density at radius 3 is 2.50 bits per heavy atom. The molecule has 3 aromatic carbocycles. The molecular weight excluding hydrogens is 335 g/mol. The van der Waals surface area contributed by atoms with Crippen LogP contribution in [-0.2, 0) is 4.79 Å². The molecule has 0 saturated carbocycles. The number of halogens is 1. The fourth-order valence-corrected chi connectivity index (χ4v) is 2.68. The van der Waals surface area contributed by atoms with Crippen LogP contribution < -0.4 is 14.9 Å². The predicted octanol–water partition coefficient (Wildman–Crippen LogP) is 3.27. The van der Waals surface area contributed by atoms with Crippen LogP contribution in [0, 0.1) is 5.82 Å². The minimum atomic E-state index is -0.797. The van der Waals surface area contributed by atoms with Crippen LogP contribution in [-0.4, -0.2) is 24.8 Å². The first-order valence-corrected chi connectivity index (χ1v) is 8.10. The number of hydrogen-bond acceptors (Lipinski definition) is 4. The Labute approximate surface area is 149 Å². The summed E-state index contributed by atoms with van der Waals surface area (Å²) in [6.07, 6.45) is 0.636. The fourth-order valence-electron chi connectivity index (χ4n) is 2.68. The number of hydrazone groups is 1. The number of nitrogens with one attached hydrogen (secondary N) is 1. The van der Waals surface area contributed by atoms with Gasteiger partial charge in [-0.3, -0.25) is 4.79 Å². The van der Waals surface area contributed by atoms with Crippen molar-refractivity contribution < 1.29 is 18.7 Å². The molecule has 5 nitrogen and oxygen atoms in total. The lowest BCUT2D eigenvalue weighted by Crippen LogP contribution is -2.42. The van der Waals surface area contributed by atoms with Crippen molar-refractivity contribution in [2.45, 2.75) is 6.10 Å². The summed E-state index contributed by atoms with van der Waals surface area (Å²) in [4.78, 5) is 12.2. The van der Waals surface area contributed by atoms with E-state index >= 15 is 0 Å². The van der Waals surface area contributed by atoms with Gasteiger partial charge in [0.25, 0.3) is 5.91 Å². The number of carbonyl (C=O) groups excluding carboxylic acids is 1. The molecule has 0 radical (unpaired) electrons. The van der Waals surface area contributed by atoms with E-state index in [9.17, 15) is 9.18 Å². The van der Waals surface area contributed by atoms with Crippen LogP contribution in [0.15, 0.2) is 65.8 Å². The summed E-state index contributed by atoms with van der Waals surface area (Å²) in [5.41, 5.74) is 3.09. The minimum absolute atomic E-state index is 0.100. The minimum Gasteiger partial charge on any atom is -0.485 e. The lowest BCUT2D eigenvalue weighted by Gasteiger charge is -2.25. The molecule has 1 atom stereocenters. The Bertz CT molecular complexity index is 986. The molecule has 3 aromatic rings. The molecule has 130 valence electrons. The number of nitrogens with zero attached hydrogens (tertiary/aromatic N) is 1. The average Bonchev–Trinajstić information content (AvgIpc) is 2.67. The van der Waals surface area contributed by atoms with Gasteiger partial charge in [-0.15, -0.1) is 0 Å². The summed E-state index contributed by atoms with van der Waals surface area (Å²) in [6.45, 7) is 0.100. The van der Waals surface area contributed by atoms with Crippen LogP contribution in [0.5, 0.6) is 11.5 Å². The normalized spacial score (nSPS) is 16.0. The number of rotatable bonds is 3. The van der Waals surface area contributed by atoms with Crippen molar-refractivity contribution in [3.05, 3.63) is 72.0 Å². The van der Waals surface area contributed by atoms with E-state index in [1.807, 2.05) is 36.4 Å². The van der Waals surface area contributed by atoms with Crippen molar-refractivity contribution in [1.82, 2.24) is 5.43 Å². The molecule has 1 amide bonds. The summed E-state index contributed by atoms with van der Waals surface area (Å²) in [5, 5.41) is 5.92. The van der Waals surface area contributed by atoms with E-state index in [4.69, 9.17) is 9.47 Å². The van der Waals surface area contributed by atoms with Gasteiger partial charge < -0.3 is 9.47 Å². The summed E-state index contributed by atoms with van der Waals surface area (Å²) >= 11 is 0. The second-order valence-corrected chi connectivity index (χ2v) is 5.85. The van der Waals surface area contributed by atoms with Gasteiger partial charge in [-0.2, -0.15) is 5.10 Å². The SMILES string of the molecule is O=C(NN=Cc1ccc(F)cc1)C1COc2cc3ccccc3cc2O1. The molecule has 0 aliphatic carbocycles. The predicted molar refractivity (Wildman–Crippen MR) is 96.0 cm³/mol. The highest BCUT2D eigenvalue weighted by molar-refractivity contribution is 5.88. The number of hydrogen-bond donors (Lipinski definition) is 1. The first kappa shape index (κ1) is 16.1. The van der Waals surface area contributed by atoms with Crippen molar-refractivity contribution in [3.8, 4) is 11.5 Å². The average molecular weight is 350 g/mol. The highest BCUT2D eigenvalue weighted by atomic mass is 19.1. The maximum atomic E-state index is 12.9. The van der Waals surface area contributed by atoms with Gasteiger partial charge in [-0.1, -0.05) is 36.4 Å². The van der Waals surface area contributed by atoms with E-state index in [-0.39, 0.29) is 12.4 Å². The van der Waals surface area contributed by atoms with E-state index in [0.717, 1.165) is 10.8 Å². The van der Waals surface area contributed by atoms with E-state index in [1.54, 1.807) is 12.1 Å². The molecule has 0 fully saturated rings. The van der Waals surface area contributed by atoms with Crippen molar-refractivity contribution in [3.63, 3.8) is 0 Å². The Morgan fingerprint density at radius 2 is 1.77 bits per heavy atom. The Kier molecular flexibility index (Phi) is 4.23. The fraction of sp³-hybridized carbons (Fsp3) is 0.100. The van der Waals surface area contributed by atoms with Crippen LogP contribution in [0.3, 0.4) is 0 Å². The van der Waals surface area contributed by atoms with Crippen LogP contribution in [0.1, 0.15) is 5.56 Å². The molecular formula is C20H15FN2O3. The van der Waals surface area contributed by atoms with E-state index in [2.05, 4.69) is 10.5 Å². The standard InChI is InChI=1S/C20H15FN2O3/c21-16-7-5-13(6-8-16)11-22-23-20(24)19-12-25-17-9-14-3-1-2-4-15(14)10-18(17)26-19/h1-11,19H,12H2,(H,23,24). The van der Waals surface area contributed by atoms with Crippen molar-refractivity contribution in [1.29, 1.82) is 0 Å². The monoisotopic (exact) mass is 350 g/mol. The van der Waals surface area contributed by atoms with Crippen LogP contribution in [0.4, 0.5) is 4.39 Å². The Morgan fingerprint density at radius 1 is 1.08 bits per heavy atom. The van der Waals surface area contributed by atoms with Gasteiger partial charge in [0.2, 0.25) is 6.10 Å². The molecule has 0 aromatic heterocycles. The van der Waals surface area contributed by atoms with Crippen molar-refractivity contribution >= 4 is 22.9 Å². The maximum Gasteiger partial charge on any atom is 0.284 e. The molecule has 1 heterocycles. The second kappa shape index (κ2) is 6.84. The number of carbonyl (C=O) groups is 1. The van der Waals surface area contributed by atoms with E-state index < -0.39 is 12.0 Å². The maximum absolute atomic E-state index is 12.9. The third-order valence-electron chi connectivity index (χ3n) is 4.02. The van der Waals surface area contributed by atoms with Gasteiger partial charge in [0.1, 0.15) is 12.4 Å².